The molecular formula is C13H16O3. The lowest BCUT2D eigenvalue weighted by molar-refractivity contribution is -0.186. The average Bonchev–Trinajstić information content (AvgIpc) is 2.28. The number of rotatable bonds is 3. The van der Waals surface area contributed by atoms with E-state index in [0.717, 1.165) is 16.9 Å². The van der Waals surface area contributed by atoms with E-state index in [0.29, 0.717) is 13.2 Å². The number of hydrogen-bond donors (Lipinski definition) is 0. The van der Waals surface area contributed by atoms with Crippen LogP contribution in [0.1, 0.15) is 18.1 Å². The summed E-state index contributed by atoms with van der Waals surface area (Å²) >= 11 is 0. The first-order valence-electron chi connectivity index (χ1n) is 5.38. The molecule has 0 saturated carbocycles. The summed E-state index contributed by atoms with van der Waals surface area (Å²) in [5, 5.41) is 0. The fourth-order valence-electron chi connectivity index (χ4n) is 1.58. The minimum atomic E-state index is -0.462. The van der Waals surface area contributed by atoms with Crippen LogP contribution < -0.4 is 4.74 Å². The third-order valence-electron chi connectivity index (χ3n) is 2.90. The number of aryl methyl sites for hydroxylation is 2. The molecule has 0 aliphatic carbocycles. The normalized spacial score (nSPS) is 23.6. The van der Waals surface area contributed by atoms with Crippen LogP contribution in [0, 0.1) is 19.3 Å². The molecule has 1 atom stereocenters. The largest absolute Gasteiger partial charge is 0.492 e. The third-order valence-corrected chi connectivity index (χ3v) is 2.90. The quantitative estimate of drug-likeness (QED) is 0.733. The van der Waals surface area contributed by atoms with E-state index < -0.39 is 5.41 Å². The Morgan fingerprint density at radius 3 is 2.75 bits per heavy atom. The molecule has 3 nitrogen and oxygen atoms in total. The third kappa shape index (κ3) is 1.90. The van der Waals surface area contributed by atoms with Gasteiger partial charge in [0.05, 0.1) is 0 Å². The van der Waals surface area contributed by atoms with Gasteiger partial charge in [-0.3, -0.25) is 4.79 Å². The Bertz CT molecular complexity index is 425. The highest BCUT2D eigenvalue weighted by atomic mass is 16.6. The highest BCUT2D eigenvalue weighted by molar-refractivity contribution is 5.81. The molecule has 1 aliphatic rings. The molecule has 86 valence electrons. The van der Waals surface area contributed by atoms with Crippen LogP contribution in [0.2, 0.25) is 0 Å². The minimum absolute atomic E-state index is 0.169. The molecule has 1 saturated heterocycles. The number of esters is 1. The van der Waals surface area contributed by atoms with Gasteiger partial charge in [0.2, 0.25) is 0 Å². The Morgan fingerprint density at radius 2 is 2.19 bits per heavy atom. The van der Waals surface area contributed by atoms with Gasteiger partial charge in [0.25, 0.3) is 0 Å². The van der Waals surface area contributed by atoms with Crippen molar-refractivity contribution in [1.82, 2.24) is 0 Å². The van der Waals surface area contributed by atoms with Gasteiger partial charge in [-0.25, -0.2) is 0 Å². The molecule has 2 rings (SSSR count). The van der Waals surface area contributed by atoms with Crippen molar-refractivity contribution in [1.29, 1.82) is 0 Å². The van der Waals surface area contributed by atoms with Crippen LogP contribution in [0.25, 0.3) is 0 Å². The van der Waals surface area contributed by atoms with Gasteiger partial charge in [-0.05, 0) is 38.0 Å². The van der Waals surface area contributed by atoms with Crippen molar-refractivity contribution in [3.05, 3.63) is 29.3 Å². The number of hydrogen-bond acceptors (Lipinski definition) is 3. The van der Waals surface area contributed by atoms with Crippen molar-refractivity contribution in [2.45, 2.75) is 20.8 Å². The van der Waals surface area contributed by atoms with Gasteiger partial charge >= 0.3 is 5.97 Å². The molecule has 0 amide bonds. The highest BCUT2D eigenvalue weighted by Crippen LogP contribution is 2.30. The van der Waals surface area contributed by atoms with Crippen molar-refractivity contribution in [3.63, 3.8) is 0 Å². The molecule has 1 aliphatic heterocycles. The molecule has 0 N–H and O–H groups in total. The SMILES string of the molecule is Cc1ccc(C)c(OCC2(C)COC2=O)c1. The number of cyclic esters (lactones) is 1. The van der Waals surface area contributed by atoms with Crippen LogP contribution in [0.3, 0.4) is 0 Å². The van der Waals surface area contributed by atoms with E-state index in [4.69, 9.17) is 9.47 Å². The zero-order chi connectivity index (χ0) is 11.8. The zero-order valence-electron chi connectivity index (χ0n) is 9.87. The molecule has 0 spiro atoms. The lowest BCUT2D eigenvalue weighted by Crippen LogP contribution is -2.49. The van der Waals surface area contributed by atoms with Crippen LogP contribution in [0.5, 0.6) is 5.75 Å². The number of carbonyl (C=O) groups is 1. The number of carbonyl (C=O) groups excluding carboxylic acids is 1. The van der Waals surface area contributed by atoms with Crippen molar-refractivity contribution in [2.24, 2.45) is 5.41 Å². The number of ether oxygens (including phenoxy) is 2. The predicted molar refractivity (Wildman–Crippen MR) is 60.5 cm³/mol. The summed E-state index contributed by atoms with van der Waals surface area (Å²) in [6.45, 7) is 6.72. The first-order chi connectivity index (χ1) is 7.51. The van der Waals surface area contributed by atoms with Crippen LogP contribution in [-0.2, 0) is 9.53 Å². The molecule has 16 heavy (non-hydrogen) atoms. The van der Waals surface area contributed by atoms with E-state index in [1.165, 1.54) is 0 Å². The summed E-state index contributed by atoms with van der Waals surface area (Å²) in [5.74, 6) is 0.679. The molecule has 1 aromatic carbocycles. The molecular weight excluding hydrogens is 204 g/mol. The van der Waals surface area contributed by atoms with Crippen molar-refractivity contribution in [3.8, 4) is 5.75 Å². The summed E-state index contributed by atoms with van der Waals surface area (Å²) in [6, 6.07) is 6.05. The van der Waals surface area contributed by atoms with Crippen molar-refractivity contribution in [2.75, 3.05) is 13.2 Å². The molecule has 3 heteroatoms. The topological polar surface area (TPSA) is 35.5 Å². The molecule has 1 fully saturated rings. The summed E-state index contributed by atoms with van der Waals surface area (Å²) in [5.41, 5.74) is 1.78. The first-order valence-corrected chi connectivity index (χ1v) is 5.38. The molecule has 0 bridgehead atoms. The van der Waals surface area contributed by atoms with E-state index in [1.54, 1.807) is 0 Å². The van der Waals surface area contributed by atoms with E-state index in [9.17, 15) is 4.79 Å². The summed E-state index contributed by atoms with van der Waals surface area (Å²) < 4.78 is 10.5. The highest BCUT2D eigenvalue weighted by Gasteiger charge is 2.45. The maximum Gasteiger partial charge on any atom is 0.318 e. The van der Waals surface area contributed by atoms with Crippen molar-refractivity contribution < 1.29 is 14.3 Å². The summed E-state index contributed by atoms with van der Waals surface area (Å²) in [7, 11) is 0. The van der Waals surface area contributed by atoms with Crippen molar-refractivity contribution >= 4 is 5.97 Å². The van der Waals surface area contributed by atoms with E-state index in [1.807, 2.05) is 39.0 Å². The average molecular weight is 220 g/mol. The minimum Gasteiger partial charge on any atom is -0.492 e. The molecule has 0 radical (unpaired) electrons. The standard InChI is InChI=1S/C13H16O3/c1-9-4-5-10(2)11(6-9)15-7-13(3)8-16-12(13)14/h4-6H,7-8H2,1-3H3. The Hall–Kier alpha value is -1.51. The van der Waals surface area contributed by atoms with Gasteiger partial charge in [0.15, 0.2) is 0 Å². The Morgan fingerprint density at radius 1 is 1.44 bits per heavy atom. The fourth-order valence-corrected chi connectivity index (χ4v) is 1.58. The Balaban J connectivity index is 2.04. The monoisotopic (exact) mass is 220 g/mol. The van der Waals surface area contributed by atoms with Crippen LogP contribution in [0.15, 0.2) is 18.2 Å². The Labute approximate surface area is 95.4 Å². The molecule has 1 heterocycles. The Kier molecular flexibility index (Phi) is 2.62. The molecule has 0 aromatic heterocycles. The second-order valence-electron chi connectivity index (χ2n) is 4.69. The molecule has 1 unspecified atom stereocenters. The second-order valence-corrected chi connectivity index (χ2v) is 4.69. The maximum atomic E-state index is 11.2. The summed E-state index contributed by atoms with van der Waals surface area (Å²) in [6.07, 6.45) is 0. The van der Waals surface area contributed by atoms with Gasteiger partial charge in [-0.2, -0.15) is 0 Å². The van der Waals surface area contributed by atoms with Crippen LogP contribution >= 0.6 is 0 Å². The smallest absolute Gasteiger partial charge is 0.318 e. The lowest BCUT2D eigenvalue weighted by Gasteiger charge is -2.35. The molecule has 1 aromatic rings. The first kappa shape index (κ1) is 11.0. The summed E-state index contributed by atoms with van der Waals surface area (Å²) in [4.78, 5) is 11.2. The van der Waals surface area contributed by atoms with Gasteiger partial charge < -0.3 is 9.47 Å². The van der Waals surface area contributed by atoms with E-state index >= 15 is 0 Å². The predicted octanol–water partition coefficient (Wildman–Crippen LogP) is 2.25. The van der Waals surface area contributed by atoms with E-state index in [2.05, 4.69) is 0 Å². The van der Waals surface area contributed by atoms with Crippen LogP contribution in [0.4, 0.5) is 0 Å². The fraction of sp³-hybridized carbons (Fsp3) is 0.462. The van der Waals surface area contributed by atoms with Crippen LogP contribution in [-0.4, -0.2) is 19.2 Å². The zero-order valence-corrected chi connectivity index (χ0v) is 9.87. The van der Waals surface area contributed by atoms with Gasteiger partial charge in [-0.1, -0.05) is 12.1 Å². The van der Waals surface area contributed by atoms with Gasteiger partial charge in [0, 0.05) is 0 Å². The van der Waals surface area contributed by atoms with Gasteiger partial charge in [-0.15, -0.1) is 0 Å². The number of benzene rings is 1. The maximum absolute atomic E-state index is 11.2. The van der Waals surface area contributed by atoms with Gasteiger partial charge in [0.1, 0.15) is 24.4 Å². The second kappa shape index (κ2) is 3.81. The van der Waals surface area contributed by atoms with E-state index in [-0.39, 0.29) is 5.97 Å². The lowest BCUT2D eigenvalue weighted by atomic mass is 9.89.